The van der Waals surface area contributed by atoms with Gasteiger partial charge in [-0.1, -0.05) is 11.6 Å². The van der Waals surface area contributed by atoms with Crippen molar-refractivity contribution in [1.29, 1.82) is 0 Å². The lowest BCUT2D eigenvalue weighted by Crippen LogP contribution is -2.23. The zero-order valence-corrected chi connectivity index (χ0v) is 9.21. The van der Waals surface area contributed by atoms with E-state index in [4.69, 9.17) is 17.3 Å². The molecule has 0 saturated heterocycles. The van der Waals surface area contributed by atoms with E-state index in [9.17, 15) is 18.0 Å². The number of alkyl halides is 3. The van der Waals surface area contributed by atoms with Gasteiger partial charge in [0.05, 0.1) is 5.56 Å². The third kappa shape index (κ3) is 3.88. The van der Waals surface area contributed by atoms with Gasteiger partial charge in [0, 0.05) is 10.7 Å². The number of ketones is 1. The van der Waals surface area contributed by atoms with Gasteiger partial charge >= 0.3 is 6.18 Å². The van der Waals surface area contributed by atoms with Gasteiger partial charge in [-0.25, -0.2) is 0 Å². The first-order chi connectivity index (χ1) is 6.32. The van der Waals surface area contributed by atoms with Crippen molar-refractivity contribution in [3.63, 3.8) is 0 Å². The number of anilines is 1. The minimum Gasteiger partial charge on any atom is -0.412 e. The van der Waals surface area contributed by atoms with Gasteiger partial charge in [0.15, 0.2) is 0 Å². The van der Waals surface area contributed by atoms with Crippen LogP contribution in [0.5, 0.6) is 0 Å². The second-order valence-corrected chi connectivity index (χ2v) is 2.99. The lowest BCUT2D eigenvalue weighted by atomic mass is 10.1. The van der Waals surface area contributed by atoms with E-state index < -0.39 is 17.5 Å². The normalized spacial score (nSPS) is 10.0. The third-order valence-corrected chi connectivity index (χ3v) is 1.75. The lowest BCUT2D eigenvalue weighted by Gasteiger charge is -2.07. The number of nitrogen functional groups attached to an aromatic ring is 1. The molecule has 0 heterocycles. The average Bonchev–Trinajstić information content (AvgIpc) is 2.06. The summed E-state index contributed by atoms with van der Waals surface area (Å²) in [6.07, 6.45) is -4.93. The van der Waals surface area contributed by atoms with Gasteiger partial charge in [-0.05, 0) is 18.2 Å². The molecular formula is C8H8Cl2F3NO2. The highest BCUT2D eigenvalue weighted by molar-refractivity contribution is 6.31. The van der Waals surface area contributed by atoms with Crippen LogP contribution in [-0.4, -0.2) is 17.4 Å². The van der Waals surface area contributed by atoms with Gasteiger partial charge < -0.3 is 11.2 Å². The summed E-state index contributed by atoms with van der Waals surface area (Å²) in [6.45, 7) is 0. The second-order valence-electron chi connectivity index (χ2n) is 2.56. The Balaban J connectivity index is 0. The molecule has 3 nitrogen and oxygen atoms in total. The van der Waals surface area contributed by atoms with Crippen molar-refractivity contribution in [2.75, 3.05) is 5.73 Å². The van der Waals surface area contributed by atoms with Crippen molar-refractivity contribution in [2.45, 2.75) is 6.18 Å². The van der Waals surface area contributed by atoms with Crippen LogP contribution in [0.3, 0.4) is 0 Å². The maximum Gasteiger partial charge on any atom is 0.454 e. The topological polar surface area (TPSA) is 74.6 Å². The number of carbonyl (C=O) groups excluding carboxylic acids is 1. The van der Waals surface area contributed by atoms with Gasteiger partial charge in [0.25, 0.3) is 5.78 Å². The van der Waals surface area contributed by atoms with Gasteiger partial charge in [-0.3, -0.25) is 4.79 Å². The Morgan fingerprint density at radius 3 is 2.25 bits per heavy atom. The van der Waals surface area contributed by atoms with E-state index in [0.29, 0.717) is 0 Å². The average molecular weight is 278 g/mol. The Morgan fingerprint density at radius 2 is 1.81 bits per heavy atom. The van der Waals surface area contributed by atoms with Crippen molar-refractivity contribution in [1.82, 2.24) is 0 Å². The molecule has 0 amide bonds. The summed E-state index contributed by atoms with van der Waals surface area (Å²) in [5, 5.41) is 0.0341. The van der Waals surface area contributed by atoms with E-state index in [1.165, 1.54) is 6.07 Å². The largest absolute Gasteiger partial charge is 0.454 e. The molecule has 0 atom stereocenters. The summed E-state index contributed by atoms with van der Waals surface area (Å²) >= 11 is 5.44. The van der Waals surface area contributed by atoms with Crippen molar-refractivity contribution in [3.8, 4) is 0 Å². The maximum atomic E-state index is 12.0. The van der Waals surface area contributed by atoms with Crippen LogP contribution in [-0.2, 0) is 0 Å². The molecule has 0 aliphatic carbocycles. The quantitative estimate of drug-likeness (QED) is 0.632. The maximum absolute atomic E-state index is 12.0. The minimum atomic E-state index is -4.93. The monoisotopic (exact) mass is 277 g/mol. The van der Waals surface area contributed by atoms with Crippen LogP contribution in [0.1, 0.15) is 10.4 Å². The number of Topliss-reactive ketones (excluding diaryl/α,β-unsaturated/α-hetero) is 1. The van der Waals surface area contributed by atoms with E-state index in [1.807, 2.05) is 0 Å². The van der Waals surface area contributed by atoms with Crippen LogP contribution < -0.4 is 5.73 Å². The molecule has 0 aliphatic heterocycles. The van der Waals surface area contributed by atoms with E-state index in [1.54, 1.807) is 0 Å². The zero-order valence-electron chi connectivity index (χ0n) is 7.64. The number of nitrogens with two attached hydrogens (primary N) is 1. The molecule has 0 bridgehead atoms. The van der Waals surface area contributed by atoms with Crippen LogP contribution in [0.2, 0.25) is 5.02 Å². The number of carbonyl (C=O) groups is 1. The van der Waals surface area contributed by atoms with Gasteiger partial charge in [-0.15, -0.1) is 12.4 Å². The van der Waals surface area contributed by atoms with Crippen LogP contribution in [0.25, 0.3) is 0 Å². The van der Waals surface area contributed by atoms with E-state index in [0.717, 1.165) is 12.1 Å². The first-order valence-corrected chi connectivity index (χ1v) is 3.86. The van der Waals surface area contributed by atoms with Crippen LogP contribution >= 0.6 is 24.0 Å². The zero-order chi connectivity index (χ0) is 10.9. The molecule has 8 heteroatoms. The molecule has 0 fully saturated rings. The van der Waals surface area contributed by atoms with E-state index in [-0.39, 0.29) is 28.6 Å². The molecule has 1 rings (SSSR count). The van der Waals surface area contributed by atoms with Crippen molar-refractivity contribution in [2.24, 2.45) is 0 Å². The third-order valence-electron chi connectivity index (χ3n) is 1.52. The summed E-state index contributed by atoms with van der Waals surface area (Å²) in [5.74, 6) is -1.99. The standard InChI is InChI=1S/C8H5ClF3NO.ClH.H2O/c9-4-1-2-6(13)5(3-4)7(14)8(10,11)12;;/h1-3H,13H2;1H;1H2. The summed E-state index contributed by atoms with van der Waals surface area (Å²) in [6, 6.07) is 3.36. The first-order valence-electron chi connectivity index (χ1n) is 3.49. The lowest BCUT2D eigenvalue weighted by molar-refractivity contribution is -0.0884. The summed E-state index contributed by atoms with van der Waals surface area (Å²) < 4.78 is 36.0. The SMILES string of the molecule is Cl.Nc1ccc(Cl)cc1C(=O)C(F)(F)F.O. The van der Waals surface area contributed by atoms with Crippen molar-refractivity contribution < 1.29 is 23.4 Å². The molecule has 92 valence electrons. The molecule has 0 radical (unpaired) electrons. The summed E-state index contributed by atoms with van der Waals surface area (Å²) in [5.41, 5.74) is 4.35. The van der Waals surface area contributed by atoms with E-state index in [2.05, 4.69) is 0 Å². The van der Waals surface area contributed by atoms with E-state index >= 15 is 0 Å². The smallest absolute Gasteiger partial charge is 0.412 e. The summed E-state index contributed by atoms with van der Waals surface area (Å²) in [4.78, 5) is 10.8. The molecule has 16 heavy (non-hydrogen) atoms. The number of hydrogen-bond acceptors (Lipinski definition) is 2. The predicted octanol–water partition coefficient (Wildman–Crippen LogP) is 2.26. The number of benzene rings is 1. The highest BCUT2D eigenvalue weighted by Gasteiger charge is 2.40. The molecule has 0 aliphatic rings. The van der Waals surface area contributed by atoms with Gasteiger partial charge in [0.2, 0.25) is 0 Å². The minimum absolute atomic E-state index is 0. The molecule has 1 aromatic rings. The van der Waals surface area contributed by atoms with Crippen molar-refractivity contribution in [3.05, 3.63) is 28.8 Å². The fourth-order valence-corrected chi connectivity index (χ4v) is 1.05. The molecule has 0 aromatic heterocycles. The Hall–Kier alpha value is -0.980. The Morgan fingerprint density at radius 1 is 1.31 bits per heavy atom. The van der Waals surface area contributed by atoms with Crippen LogP contribution in [0.4, 0.5) is 18.9 Å². The molecule has 0 saturated carbocycles. The molecular weight excluding hydrogens is 270 g/mol. The first kappa shape index (κ1) is 17.4. The molecule has 0 spiro atoms. The van der Waals surface area contributed by atoms with Crippen molar-refractivity contribution >= 4 is 35.5 Å². The number of rotatable bonds is 1. The second kappa shape index (κ2) is 5.93. The molecule has 0 unspecified atom stereocenters. The summed E-state index contributed by atoms with van der Waals surface area (Å²) in [7, 11) is 0. The number of hydrogen-bond donors (Lipinski definition) is 1. The Kier molecular flexibility index (Phi) is 6.45. The molecule has 4 N–H and O–H groups in total. The highest BCUT2D eigenvalue weighted by atomic mass is 35.5. The fraction of sp³-hybridized carbons (Fsp3) is 0.125. The Bertz CT molecular complexity index is 382. The van der Waals surface area contributed by atoms with Gasteiger partial charge in [-0.2, -0.15) is 13.2 Å². The van der Waals surface area contributed by atoms with Crippen LogP contribution in [0, 0.1) is 0 Å². The van der Waals surface area contributed by atoms with Gasteiger partial charge in [0.1, 0.15) is 0 Å². The fourth-order valence-electron chi connectivity index (χ4n) is 0.878. The van der Waals surface area contributed by atoms with Crippen LogP contribution in [0.15, 0.2) is 18.2 Å². The Labute approximate surface area is 100 Å². The number of halogens is 5. The highest BCUT2D eigenvalue weighted by Crippen LogP contribution is 2.26. The predicted molar refractivity (Wildman–Crippen MR) is 57.1 cm³/mol. The molecule has 1 aromatic carbocycles.